The van der Waals surface area contributed by atoms with Crippen LogP contribution < -0.4 is 0 Å². The summed E-state index contributed by atoms with van der Waals surface area (Å²) in [6.45, 7) is 4.63. The van der Waals surface area contributed by atoms with Crippen LogP contribution in [0.15, 0.2) is 156 Å². The molecule has 4 aromatic carbocycles. The number of azide groups is 2. The molecule has 1 fully saturated rings. The Labute approximate surface area is 519 Å². The van der Waals surface area contributed by atoms with Crippen LogP contribution in [0.3, 0.4) is 0 Å². The van der Waals surface area contributed by atoms with Crippen LogP contribution in [0, 0.1) is 0 Å². The number of aliphatic hydroxyl groups is 5. The van der Waals surface area contributed by atoms with Gasteiger partial charge in [0.05, 0.1) is 82.7 Å². The lowest BCUT2D eigenvalue weighted by molar-refractivity contribution is -0.303. The predicted molar refractivity (Wildman–Crippen MR) is 344 cm³/mol. The first kappa shape index (κ1) is 74.0. The van der Waals surface area contributed by atoms with Crippen molar-refractivity contribution < 1.29 is 54.0 Å². The Morgan fingerprint density at radius 2 is 0.816 bits per heavy atom. The fourth-order valence-corrected chi connectivity index (χ4v) is 10.4. The Kier molecular flexibility index (Phi) is 41.2. The fourth-order valence-electron chi connectivity index (χ4n) is 10.4. The van der Waals surface area contributed by atoms with Gasteiger partial charge in [-0.15, -0.1) is 0 Å². The molecule has 1 saturated heterocycles. The zero-order valence-electron chi connectivity index (χ0n) is 52.1. The second kappa shape index (κ2) is 48.5. The number of ether oxygens (including phenoxy) is 6. The van der Waals surface area contributed by atoms with E-state index < -0.39 is 67.7 Å². The van der Waals surface area contributed by atoms with Gasteiger partial charge in [0, 0.05) is 9.82 Å². The van der Waals surface area contributed by atoms with Gasteiger partial charge in [-0.2, -0.15) is 0 Å². The molecule has 1 heterocycles. The maximum Gasteiger partial charge on any atom is 0.186 e. The minimum Gasteiger partial charge on any atom is -0.396 e. The van der Waals surface area contributed by atoms with Crippen molar-refractivity contribution in [1.82, 2.24) is 0 Å². The fraction of sp³-hybridized carbons (Fsp3) is 0.600. The van der Waals surface area contributed by atoms with Crippen molar-refractivity contribution in [3.63, 3.8) is 0 Å². The van der Waals surface area contributed by atoms with Gasteiger partial charge < -0.3 is 54.0 Å². The second-order valence-electron chi connectivity index (χ2n) is 22.6. The van der Waals surface area contributed by atoms with Crippen molar-refractivity contribution in [2.75, 3.05) is 19.8 Å². The molecule has 11 atom stereocenters. The Morgan fingerprint density at radius 1 is 0.460 bits per heavy atom. The van der Waals surface area contributed by atoms with Gasteiger partial charge in [0.2, 0.25) is 0 Å². The van der Waals surface area contributed by atoms with Gasteiger partial charge in [-0.1, -0.05) is 272 Å². The van der Waals surface area contributed by atoms with Crippen LogP contribution in [0.4, 0.5) is 0 Å². The molecular weight excluding hydrogens is 1100 g/mol. The molecular formula is C70H104N6O11. The van der Waals surface area contributed by atoms with Gasteiger partial charge in [0.25, 0.3) is 0 Å². The predicted octanol–water partition coefficient (Wildman–Crippen LogP) is 15.2. The van der Waals surface area contributed by atoms with E-state index in [0.717, 1.165) is 41.5 Å². The van der Waals surface area contributed by atoms with Crippen LogP contribution >= 0.6 is 0 Å². The molecule has 0 bridgehead atoms. The highest BCUT2D eigenvalue weighted by atomic mass is 16.7. The summed E-state index contributed by atoms with van der Waals surface area (Å²) in [5, 5.41) is 58.5. The van der Waals surface area contributed by atoms with Crippen molar-refractivity contribution >= 4 is 0 Å². The molecule has 1 aliphatic heterocycles. The van der Waals surface area contributed by atoms with Crippen molar-refractivity contribution in [1.29, 1.82) is 0 Å². The van der Waals surface area contributed by atoms with Crippen LogP contribution in [0.25, 0.3) is 20.9 Å². The Hall–Kier alpha value is -5.46. The van der Waals surface area contributed by atoms with Gasteiger partial charge in [0.15, 0.2) is 6.29 Å². The van der Waals surface area contributed by atoms with E-state index in [1.807, 2.05) is 121 Å². The Morgan fingerprint density at radius 3 is 1.18 bits per heavy atom. The van der Waals surface area contributed by atoms with E-state index in [2.05, 4.69) is 58.2 Å². The van der Waals surface area contributed by atoms with E-state index in [-0.39, 0.29) is 25.9 Å². The summed E-state index contributed by atoms with van der Waals surface area (Å²) in [4.78, 5) is 6.04. The molecule has 17 heteroatoms. The number of hydrogen-bond donors (Lipinski definition) is 5. The molecule has 5 rings (SSSR count). The number of allylic oxidation sites excluding steroid dienone is 2. The number of unbranched alkanes of at least 4 members (excludes halogenated alkanes) is 18. The largest absolute Gasteiger partial charge is 0.396 e. The average molecular weight is 1210 g/mol. The average Bonchev–Trinajstić information content (AvgIpc) is 3.64. The number of rotatable bonds is 47. The molecule has 5 N–H and O–H groups in total. The summed E-state index contributed by atoms with van der Waals surface area (Å²) < 4.78 is 36.9. The summed E-state index contributed by atoms with van der Waals surface area (Å²) in [6, 6.07) is 37.6. The summed E-state index contributed by atoms with van der Waals surface area (Å²) in [7, 11) is 0. The summed E-state index contributed by atoms with van der Waals surface area (Å²) in [5.74, 6) is 0. The lowest BCUT2D eigenvalue weighted by atomic mass is 9.99. The van der Waals surface area contributed by atoms with Crippen molar-refractivity contribution in [2.45, 2.75) is 249 Å². The molecule has 0 amide bonds. The van der Waals surface area contributed by atoms with Gasteiger partial charge in [-0.25, -0.2) is 0 Å². The molecule has 0 radical (unpaired) electrons. The van der Waals surface area contributed by atoms with Crippen LogP contribution in [-0.4, -0.2) is 113 Å². The molecule has 0 saturated carbocycles. The first-order valence-corrected chi connectivity index (χ1v) is 32.3. The van der Waals surface area contributed by atoms with Crippen LogP contribution in [0.1, 0.15) is 177 Å². The van der Waals surface area contributed by atoms with E-state index in [1.165, 1.54) is 109 Å². The first-order chi connectivity index (χ1) is 42.8. The standard InChI is InChI=1S/C38H57N3O8.C32H47N3O3/c1-2-3-4-5-6-7-8-9-10-11-12-19-24-32(46-26-29-20-15-13-16-21-29)37(47-27-30-22-17-14-18-23-30)31(40-41-39)28-48-38-36(45)35(44)34(43)33(25-42)49-38;1-2-3-4-5-6-7-8-9-10-11-12-19-24-31(37-26-28-20-15-13-16-21-28)32(30(25-36)34-35-33)38-27-29-22-17-14-18-23-29/h12-23,31-38,42-45H,2-11,24-28H2,1H3;12-23,30-32,36H,2-11,24-27H2,1H3/t31-,32+,33?,34-,35-,36?,37-,38-;30-,31+,32-/m00/s1. The van der Waals surface area contributed by atoms with Crippen LogP contribution in [0.2, 0.25) is 0 Å². The zero-order valence-corrected chi connectivity index (χ0v) is 52.1. The Balaban J connectivity index is 0.000000385. The van der Waals surface area contributed by atoms with Crippen molar-refractivity contribution in [2.24, 2.45) is 10.2 Å². The lowest BCUT2D eigenvalue weighted by Crippen LogP contribution is -2.59. The number of aliphatic hydroxyl groups excluding tert-OH is 5. The summed E-state index contributed by atoms with van der Waals surface area (Å²) in [5.41, 5.74) is 22.7. The molecule has 0 spiro atoms. The van der Waals surface area contributed by atoms with Crippen molar-refractivity contribution in [3.05, 3.63) is 189 Å². The third-order valence-electron chi connectivity index (χ3n) is 15.6. The molecule has 2 unspecified atom stereocenters. The molecule has 87 heavy (non-hydrogen) atoms. The molecule has 0 aromatic heterocycles. The van der Waals surface area contributed by atoms with Gasteiger partial charge in [-0.05, 0) is 71.8 Å². The maximum atomic E-state index is 10.5. The molecule has 4 aromatic rings. The van der Waals surface area contributed by atoms with E-state index >= 15 is 0 Å². The zero-order chi connectivity index (χ0) is 62.2. The van der Waals surface area contributed by atoms with E-state index in [1.54, 1.807) is 0 Å². The highest BCUT2D eigenvalue weighted by molar-refractivity contribution is 5.16. The molecule has 17 nitrogen and oxygen atoms in total. The number of hydrogen-bond acceptors (Lipinski definition) is 13. The highest BCUT2D eigenvalue weighted by Gasteiger charge is 2.45. The van der Waals surface area contributed by atoms with Gasteiger partial charge in [0.1, 0.15) is 24.4 Å². The smallest absolute Gasteiger partial charge is 0.186 e. The van der Waals surface area contributed by atoms with Crippen LogP contribution in [-0.2, 0) is 54.8 Å². The van der Waals surface area contributed by atoms with E-state index in [4.69, 9.17) is 34.0 Å². The molecule has 0 aliphatic carbocycles. The quantitative estimate of drug-likeness (QED) is 0.00914. The minimum absolute atomic E-state index is 0.219. The topological polar surface area (TPSA) is 254 Å². The third kappa shape index (κ3) is 31.5. The summed E-state index contributed by atoms with van der Waals surface area (Å²) in [6.07, 6.45) is 25.5. The maximum absolute atomic E-state index is 10.5. The lowest BCUT2D eigenvalue weighted by Gasteiger charge is -2.40. The normalized spacial score (nSPS) is 18.9. The molecule has 1 aliphatic rings. The van der Waals surface area contributed by atoms with Gasteiger partial charge >= 0.3 is 0 Å². The number of nitrogens with zero attached hydrogens (tertiary/aromatic N) is 6. The van der Waals surface area contributed by atoms with Gasteiger partial charge in [-0.3, -0.25) is 0 Å². The first-order valence-electron chi connectivity index (χ1n) is 32.3. The van der Waals surface area contributed by atoms with Crippen molar-refractivity contribution in [3.8, 4) is 0 Å². The second-order valence-corrected chi connectivity index (χ2v) is 22.6. The highest BCUT2D eigenvalue weighted by Crippen LogP contribution is 2.27. The SMILES string of the molecule is CCCCCCCCCCCC=CC[C@@H](OCc1ccccc1)[C@@H](OCc1ccccc1)[C@H](CO)N=[N+]=[N-].CCCCCCCCCCCC=CC[C@@H](OCc1ccccc1)[C@@H](OCc1ccccc1)[C@H](CO[C@H]1OC(CO)[C@H](O)[C@H](O)C1O)N=[N+]=[N-]. The van der Waals surface area contributed by atoms with Crippen LogP contribution in [0.5, 0.6) is 0 Å². The minimum atomic E-state index is -1.60. The Bertz CT molecular complexity index is 2430. The number of benzene rings is 4. The monoisotopic (exact) mass is 1200 g/mol. The van der Waals surface area contributed by atoms with E-state index in [9.17, 15) is 31.1 Å². The molecule has 480 valence electrons. The van der Waals surface area contributed by atoms with E-state index in [0.29, 0.717) is 32.7 Å². The summed E-state index contributed by atoms with van der Waals surface area (Å²) >= 11 is 0. The third-order valence-corrected chi connectivity index (χ3v) is 15.6.